The molecule has 5 heteroatoms. The predicted molar refractivity (Wildman–Crippen MR) is 98.4 cm³/mol. The van der Waals surface area contributed by atoms with Gasteiger partial charge < -0.3 is 10.1 Å². The van der Waals surface area contributed by atoms with Crippen LogP contribution in [0.1, 0.15) is 29.3 Å². The van der Waals surface area contributed by atoms with Gasteiger partial charge in [0.1, 0.15) is 0 Å². The number of ether oxygens (including phenoxy) is 1. The minimum atomic E-state index is -0.391. The van der Waals surface area contributed by atoms with Crippen LogP contribution < -0.4 is 5.32 Å². The van der Waals surface area contributed by atoms with Gasteiger partial charge in [0.05, 0.1) is 12.7 Å². The number of esters is 1. The van der Waals surface area contributed by atoms with Gasteiger partial charge in [-0.15, -0.1) is 0 Å². The Morgan fingerprint density at radius 1 is 1.04 bits per heavy atom. The summed E-state index contributed by atoms with van der Waals surface area (Å²) >= 11 is 0. The van der Waals surface area contributed by atoms with E-state index in [1.807, 2.05) is 18.2 Å². The monoisotopic (exact) mass is 340 g/mol. The van der Waals surface area contributed by atoms with Crippen molar-refractivity contribution in [1.82, 2.24) is 4.90 Å². The highest BCUT2D eigenvalue weighted by Gasteiger charge is 2.09. The van der Waals surface area contributed by atoms with Gasteiger partial charge in [-0.05, 0) is 36.4 Å². The summed E-state index contributed by atoms with van der Waals surface area (Å²) in [5, 5.41) is 2.85. The topological polar surface area (TPSA) is 58.6 Å². The van der Waals surface area contributed by atoms with E-state index in [9.17, 15) is 9.59 Å². The van der Waals surface area contributed by atoms with Gasteiger partial charge in [-0.2, -0.15) is 0 Å². The predicted octanol–water partition coefficient (Wildman–Crippen LogP) is 3.32. The van der Waals surface area contributed by atoms with Crippen LogP contribution in [-0.2, 0) is 16.1 Å². The second-order valence-electron chi connectivity index (χ2n) is 5.72. The molecule has 0 saturated heterocycles. The highest BCUT2D eigenvalue weighted by atomic mass is 16.5. The van der Waals surface area contributed by atoms with Crippen LogP contribution in [0.15, 0.2) is 54.6 Å². The quantitative estimate of drug-likeness (QED) is 0.749. The number of carbonyl (C=O) groups is 2. The molecular weight excluding hydrogens is 316 g/mol. The molecule has 0 aliphatic heterocycles. The van der Waals surface area contributed by atoms with E-state index in [1.165, 1.54) is 12.7 Å². The average Bonchev–Trinajstić information content (AvgIpc) is 2.66. The summed E-state index contributed by atoms with van der Waals surface area (Å²) in [5.41, 5.74) is 2.37. The molecule has 0 atom stereocenters. The van der Waals surface area contributed by atoms with Crippen molar-refractivity contribution < 1.29 is 14.3 Å². The molecule has 132 valence electrons. The molecule has 0 saturated carbocycles. The molecule has 5 nitrogen and oxygen atoms in total. The maximum atomic E-state index is 12.1. The molecule has 1 amide bonds. The SMILES string of the molecule is CCN(CCC(=O)Nc1ccc(C(=O)OC)cc1)Cc1ccccc1. The fourth-order valence-corrected chi connectivity index (χ4v) is 2.48. The van der Waals surface area contributed by atoms with Crippen LogP contribution in [0.2, 0.25) is 0 Å². The lowest BCUT2D eigenvalue weighted by Crippen LogP contribution is -2.27. The highest BCUT2D eigenvalue weighted by molar-refractivity contribution is 5.93. The standard InChI is InChI=1S/C20H24N2O3/c1-3-22(15-16-7-5-4-6-8-16)14-13-19(23)21-18-11-9-17(10-12-18)20(24)25-2/h4-12H,3,13-15H2,1-2H3,(H,21,23). The molecule has 1 N–H and O–H groups in total. The summed E-state index contributed by atoms with van der Waals surface area (Å²) < 4.78 is 4.65. The molecule has 0 aliphatic rings. The van der Waals surface area contributed by atoms with Gasteiger partial charge in [0.2, 0.25) is 5.91 Å². The Labute approximate surface area is 148 Å². The Kier molecular flexibility index (Phi) is 7.16. The molecule has 2 rings (SSSR count). The normalized spacial score (nSPS) is 10.5. The van der Waals surface area contributed by atoms with E-state index in [2.05, 4.69) is 34.0 Å². The Morgan fingerprint density at radius 3 is 2.32 bits per heavy atom. The van der Waals surface area contributed by atoms with Gasteiger partial charge in [0, 0.05) is 25.2 Å². The van der Waals surface area contributed by atoms with E-state index in [1.54, 1.807) is 24.3 Å². The van der Waals surface area contributed by atoms with Crippen molar-refractivity contribution in [1.29, 1.82) is 0 Å². The van der Waals surface area contributed by atoms with Crippen molar-refractivity contribution in [3.05, 3.63) is 65.7 Å². The molecule has 0 fully saturated rings. The first kappa shape index (κ1) is 18.7. The van der Waals surface area contributed by atoms with Gasteiger partial charge in [-0.1, -0.05) is 37.3 Å². The van der Waals surface area contributed by atoms with E-state index in [0.717, 1.165) is 13.1 Å². The minimum absolute atomic E-state index is 0.0441. The summed E-state index contributed by atoms with van der Waals surface area (Å²) in [6.07, 6.45) is 0.416. The summed E-state index contributed by atoms with van der Waals surface area (Å²) in [6, 6.07) is 16.9. The molecule has 0 heterocycles. The van der Waals surface area contributed by atoms with Crippen LogP contribution >= 0.6 is 0 Å². The third-order valence-electron chi connectivity index (χ3n) is 3.94. The van der Waals surface area contributed by atoms with Crippen LogP contribution in [0.4, 0.5) is 5.69 Å². The number of nitrogens with zero attached hydrogens (tertiary/aromatic N) is 1. The third-order valence-corrected chi connectivity index (χ3v) is 3.94. The number of hydrogen-bond acceptors (Lipinski definition) is 4. The molecule has 0 aliphatic carbocycles. The molecule has 2 aromatic rings. The Morgan fingerprint density at radius 2 is 1.72 bits per heavy atom. The van der Waals surface area contributed by atoms with E-state index in [-0.39, 0.29) is 5.91 Å². The summed E-state index contributed by atoms with van der Waals surface area (Å²) in [4.78, 5) is 25.8. The van der Waals surface area contributed by atoms with Crippen LogP contribution in [0.3, 0.4) is 0 Å². The minimum Gasteiger partial charge on any atom is -0.465 e. The number of anilines is 1. The number of nitrogens with one attached hydrogen (secondary N) is 1. The molecule has 2 aromatic carbocycles. The second-order valence-corrected chi connectivity index (χ2v) is 5.72. The van der Waals surface area contributed by atoms with Crippen molar-refractivity contribution in [2.75, 3.05) is 25.5 Å². The van der Waals surface area contributed by atoms with Gasteiger partial charge in [-0.25, -0.2) is 4.79 Å². The van der Waals surface area contributed by atoms with Gasteiger partial charge in [0.15, 0.2) is 0 Å². The van der Waals surface area contributed by atoms with Gasteiger partial charge in [0.25, 0.3) is 0 Å². The summed E-state index contributed by atoms with van der Waals surface area (Å²) in [7, 11) is 1.34. The Bertz CT molecular complexity index is 684. The molecule has 0 radical (unpaired) electrons. The van der Waals surface area contributed by atoms with Crippen LogP contribution in [0.25, 0.3) is 0 Å². The number of benzene rings is 2. The number of methoxy groups -OCH3 is 1. The first-order valence-corrected chi connectivity index (χ1v) is 8.37. The second kappa shape index (κ2) is 9.59. The maximum Gasteiger partial charge on any atom is 0.337 e. The van der Waals surface area contributed by atoms with Crippen molar-refractivity contribution >= 4 is 17.6 Å². The lowest BCUT2D eigenvalue weighted by molar-refractivity contribution is -0.116. The molecule has 0 bridgehead atoms. The third kappa shape index (κ3) is 6.04. The molecular formula is C20H24N2O3. The van der Waals surface area contributed by atoms with Crippen molar-refractivity contribution in [3.63, 3.8) is 0 Å². The van der Waals surface area contributed by atoms with E-state index < -0.39 is 5.97 Å². The van der Waals surface area contributed by atoms with Gasteiger partial charge in [-0.3, -0.25) is 9.69 Å². The zero-order valence-electron chi connectivity index (χ0n) is 14.7. The zero-order chi connectivity index (χ0) is 18.1. The summed E-state index contributed by atoms with van der Waals surface area (Å²) in [6.45, 7) is 4.50. The number of rotatable bonds is 8. The number of amides is 1. The molecule has 0 unspecified atom stereocenters. The largest absolute Gasteiger partial charge is 0.465 e. The van der Waals surface area contributed by atoms with Crippen LogP contribution in [0.5, 0.6) is 0 Å². The van der Waals surface area contributed by atoms with Crippen LogP contribution in [-0.4, -0.2) is 37.0 Å². The van der Waals surface area contributed by atoms with E-state index >= 15 is 0 Å². The zero-order valence-corrected chi connectivity index (χ0v) is 14.7. The molecule has 0 spiro atoms. The fraction of sp³-hybridized carbons (Fsp3) is 0.300. The van der Waals surface area contributed by atoms with Crippen molar-refractivity contribution in [2.45, 2.75) is 19.9 Å². The summed E-state index contributed by atoms with van der Waals surface area (Å²) in [5.74, 6) is -0.435. The van der Waals surface area contributed by atoms with E-state index in [0.29, 0.717) is 24.2 Å². The van der Waals surface area contributed by atoms with E-state index in [4.69, 9.17) is 0 Å². The smallest absolute Gasteiger partial charge is 0.337 e. The number of hydrogen-bond donors (Lipinski definition) is 1. The fourth-order valence-electron chi connectivity index (χ4n) is 2.48. The Balaban J connectivity index is 1.82. The maximum absolute atomic E-state index is 12.1. The molecule has 25 heavy (non-hydrogen) atoms. The lowest BCUT2D eigenvalue weighted by Gasteiger charge is -2.20. The average molecular weight is 340 g/mol. The van der Waals surface area contributed by atoms with Crippen molar-refractivity contribution in [3.8, 4) is 0 Å². The Hall–Kier alpha value is -2.66. The first-order chi connectivity index (χ1) is 12.1. The van der Waals surface area contributed by atoms with Crippen molar-refractivity contribution in [2.24, 2.45) is 0 Å². The highest BCUT2D eigenvalue weighted by Crippen LogP contribution is 2.11. The first-order valence-electron chi connectivity index (χ1n) is 8.37. The lowest BCUT2D eigenvalue weighted by atomic mass is 10.2. The van der Waals surface area contributed by atoms with Gasteiger partial charge >= 0.3 is 5.97 Å². The molecule has 0 aromatic heterocycles. The number of carbonyl (C=O) groups excluding carboxylic acids is 2. The van der Waals surface area contributed by atoms with Crippen LogP contribution in [0, 0.1) is 0 Å².